The van der Waals surface area contributed by atoms with Crippen molar-refractivity contribution in [3.05, 3.63) is 87.7 Å². The molecule has 140 valence electrons. The molecule has 3 aromatic rings. The third kappa shape index (κ3) is 3.88. The van der Waals surface area contributed by atoms with Crippen molar-refractivity contribution < 1.29 is 13.9 Å². The third-order valence-electron chi connectivity index (χ3n) is 4.77. The molecule has 1 atom stereocenters. The molecule has 27 heavy (non-hydrogen) atoms. The van der Waals surface area contributed by atoms with Crippen molar-refractivity contribution in [2.75, 3.05) is 0 Å². The van der Waals surface area contributed by atoms with E-state index in [1.54, 1.807) is 18.5 Å². The zero-order valence-electron chi connectivity index (χ0n) is 15.4. The topological polar surface area (TPSA) is 44.1 Å². The number of halogens is 2. The molecule has 6 heteroatoms. The normalized spacial score (nSPS) is 12.0. The lowest BCUT2D eigenvalue weighted by Crippen LogP contribution is -2.18. The molecule has 0 fully saturated rings. The van der Waals surface area contributed by atoms with E-state index in [0.29, 0.717) is 5.82 Å². The molecule has 0 N–H and O–H groups in total. The van der Waals surface area contributed by atoms with E-state index < -0.39 is 11.9 Å². The van der Waals surface area contributed by atoms with E-state index in [2.05, 4.69) is 4.98 Å². The smallest absolute Gasteiger partial charge is 0.419 e. The average molecular weight is 387 g/mol. The van der Waals surface area contributed by atoms with Gasteiger partial charge >= 0.3 is 6.09 Å². The van der Waals surface area contributed by atoms with Crippen molar-refractivity contribution >= 4 is 17.7 Å². The van der Waals surface area contributed by atoms with Gasteiger partial charge in [-0.25, -0.2) is 18.7 Å². The van der Waals surface area contributed by atoms with Crippen molar-refractivity contribution in [2.45, 2.75) is 33.3 Å². The van der Waals surface area contributed by atoms with Crippen molar-refractivity contribution in [2.24, 2.45) is 0 Å². The van der Waals surface area contributed by atoms with Crippen LogP contribution in [0.4, 0.5) is 9.18 Å². The van der Waals surface area contributed by atoms with Gasteiger partial charge in [0.1, 0.15) is 18.2 Å². The summed E-state index contributed by atoms with van der Waals surface area (Å²) in [4.78, 5) is 16.9. The van der Waals surface area contributed by atoms with Gasteiger partial charge in [0, 0.05) is 23.9 Å². The fourth-order valence-corrected chi connectivity index (χ4v) is 3.26. The van der Waals surface area contributed by atoms with Crippen LogP contribution in [0.1, 0.15) is 40.9 Å². The van der Waals surface area contributed by atoms with Gasteiger partial charge in [-0.15, -0.1) is 0 Å². The summed E-state index contributed by atoms with van der Waals surface area (Å²) in [5, 5.41) is 0.220. The Balaban J connectivity index is 1.82. The molecule has 0 saturated carbocycles. The summed E-state index contributed by atoms with van der Waals surface area (Å²) in [5.74, 6) is -0.0530. The SMILES string of the molecule is Cc1cccc([C@H](C)c2nccn2C(=O)OCc2c(F)cccc2Cl)c1C. The second-order valence-corrected chi connectivity index (χ2v) is 6.83. The number of carbonyl (C=O) groups is 1. The number of imidazole rings is 1. The molecule has 0 amide bonds. The number of rotatable bonds is 4. The summed E-state index contributed by atoms with van der Waals surface area (Å²) in [7, 11) is 0. The number of nitrogens with zero attached hydrogens (tertiary/aromatic N) is 2. The Labute approximate surface area is 162 Å². The Morgan fingerprint density at radius 2 is 2.00 bits per heavy atom. The van der Waals surface area contributed by atoms with Crippen LogP contribution in [-0.2, 0) is 11.3 Å². The van der Waals surface area contributed by atoms with Gasteiger partial charge in [0.05, 0.1) is 5.02 Å². The Morgan fingerprint density at radius 3 is 2.74 bits per heavy atom. The molecule has 4 nitrogen and oxygen atoms in total. The highest BCUT2D eigenvalue weighted by atomic mass is 35.5. The van der Waals surface area contributed by atoms with Crippen LogP contribution in [0.25, 0.3) is 0 Å². The van der Waals surface area contributed by atoms with E-state index in [1.165, 1.54) is 22.3 Å². The highest BCUT2D eigenvalue weighted by Crippen LogP contribution is 2.27. The molecule has 0 unspecified atom stereocenters. The van der Waals surface area contributed by atoms with Crippen LogP contribution in [-0.4, -0.2) is 15.6 Å². The second kappa shape index (κ2) is 7.92. The monoisotopic (exact) mass is 386 g/mol. The molecule has 0 bridgehead atoms. The van der Waals surface area contributed by atoms with Gasteiger partial charge in [-0.3, -0.25) is 0 Å². The lowest BCUT2D eigenvalue weighted by atomic mass is 9.93. The number of aromatic nitrogens is 2. The summed E-state index contributed by atoms with van der Waals surface area (Å²) in [6.07, 6.45) is 2.47. The van der Waals surface area contributed by atoms with Crippen LogP contribution in [0.15, 0.2) is 48.8 Å². The minimum Gasteiger partial charge on any atom is -0.444 e. The molecule has 0 aliphatic carbocycles. The molecule has 0 spiro atoms. The first kappa shape index (κ1) is 19.1. The quantitative estimate of drug-likeness (QED) is 0.583. The maximum absolute atomic E-state index is 13.9. The Bertz CT molecular complexity index is 964. The summed E-state index contributed by atoms with van der Waals surface area (Å²) in [6.45, 7) is 5.83. The second-order valence-electron chi connectivity index (χ2n) is 6.42. The summed E-state index contributed by atoms with van der Waals surface area (Å²) < 4.78 is 20.5. The van der Waals surface area contributed by atoms with Crippen molar-refractivity contribution in [3.8, 4) is 0 Å². The standard InChI is InChI=1S/C21H20ClFN2O2/c1-13-6-4-7-16(14(13)2)15(3)20-24-10-11-25(20)21(26)27-12-17-18(22)8-5-9-19(17)23/h4-11,15H,12H2,1-3H3/t15-/m0/s1. The molecule has 2 aromatic carbocycles. The molecule has 1 aromatic heterocycles. The number of hydrogen-bond donors (Lipinski definition) is 0. The molecule has 3 rings (SSSR count). The molecule has 1 heterocycles. The van der Waals surface area contributed by atoms with E-state index in [0.717, 1.165) is 11.1 Å². The summed E-state index contributed by atoms with van der Waals surface area (Å²) in [5.41, 5.74) is 3.57. The number of carbonyl (C=O) groups excluding carboxylic acids is 1. The maximum Gasteiger partial charge on any atom is 0.419 e. The fourth-order valence-electron chi connectivity index (χ4n) is 3.05. The Kier molecular flexibility index (Phi) is 5.61. The molecular weight excluding hydrogens is 367 g/mol. The van der Waals surface area contributed by atoms with Gasteiger partial charge in [-0.05, 0) is 42.7 Å². The first-order valence-electron chi connectivity index (χ1n) is 8.59. The number of ether oxygens (including phenoxy) is 1. The van der Waals surface area contributed by atoms with Gasteiger partial charge in [0.15, 0.2) is 0 Å². The molecule has 0 aliphatic rings. The van der Waals surface area contributed by atoms with Crippen LogP contribution < -0.4 is 0 Å². The first-order valence-corrected chi connectivity index (χ1v) is 8.97. The maximum atomic E-state index is 13.9. The minimum absolute atomic E-state index is 0.107. The van der Waals surface area contributed by atoms with Crippen LogP contribution in [0.3, 0.4) is 0 Å². The first-order chi connectivity index (χ1) is 12.9. The van der Waals surface area contributed by atoms with Gasteiger partial charge in [0.25, 0.3) is 0 Å². The van der Waals surface area contributed by atoms with Gasteiger partial charge in [0.2, 0.25) is 0 Å². The zero-order chi connectivity index (χ0) is 19.6. The van der Waals surface area contributed by atoms with E-state index in [4.69, 9.17) is 16.3 Å². The fraction of sp³-hybridized carbons (Fsp3) is 0.238. The van der Waals surface area contributed by atoms with Crippen molar-refractivity contribution in [3.63, 3.8) is 0 Å². The lowest BCUT2D eigenvalue weighted by molar-refractivity contribution is 0.139. The number of benzene rings is 2. The predicted octanol–water partition coefficient (Wildman–Crippen LogP) is 5.63. The Morgan fingerprint density at radius 1 is 1.26 bits per heavy atom. The lowest BCUT2D eigenvalue weighted by Gasteiger charge is -2.17. The van der Waals surface area contributed by atoms with E-state index >= 15 is 0 Å². The van der Waals surface area contributed by atoms with E-state index in [-0.39, 0.29) is 23.1 Å². The summed E-state index contributed by atoms with van der Waals surface area (Å²) in [6, 6.07) is 10.4. The van der Waals surface area contributed by atoms with Crippen LogP contribution in [0.2, 0.25) is 5.02 Å². The highest BCUT2D eigenvalue weighted by molar-refractivity contribution is 6.31. The zero-order valence-corrected chi connectivity index (χ0v) is 16.1. The van der Waals surface area contributed by atoms with Crippen molar-refractivity contribution in [1.29, 1.82) is 0 Å². The third-order valence-corrected chi connectivity index (χ3v) is 5.12. The predicted molar refractivity (Wildman–Crippen MR) is 103 cm³/mol. The summed E-state index contributed by atoms with van der Waals surface area (Å²) >= 11 is 5.98. The van der Waals surface area contributed by atoms with Crippen LogP contribution >= 0.6 is 11.6 Å². The van der Waals surface area contributed by atoms with E-state index in [1.807, 2.05) is 39.0 Å². The highest BCUT2D eigenvalue weighted by Gasteiger charge is 2.21. The van der Waals surface area contributed by atoms with E-state index in [9.17, 15) is 9.18 Å². The van der Waals surface area contributed by atoms with Crippen molar-refractivity contribution in [1.82, 2.24) is 9.55 Å². The number of aryl methyl sites for hydroxylation is 1. The Hall–Kier alpha value is -2.66. The van der Waals surface area contributed by atoms with Gasteiger partial charge < -0.3 is 4.74 Å². The minimum atomic E-state index is -0.626. The largest absolute Gasteiger partial charge is 0.444 e. The van der Waals surface area contributed by atoms with Gasteiger partial charge in [-0.1, -0.05) is 42.8 Å². The molecular formula is C21H20ClFN2O2. The molecule has 0 saturated heterocycles. The van der Waals surface area contributed by atoms with Gasteiger partial charge in [-0.2, -0.15) is 0 Å². The average Bonchev–Trinajstić information content (AvgIpc) is 3.13. The van der Waals surface area contributed by atoms with Crippen LogP contribution in [0, 0.1) is 19.7 Å². The number of hydrogen-bond acceptors (Lipinski definition) is 3. The molecule has 0 aliphatic heterocycles. The van der Waals surface area contributed by atoms with Crippen LogP contribution in [0.5, 0.6) is 0 Å². The molecule has 0 radical (unpaired) electrons.